The maximum Gasteiger partial charge on any atom is 0.233 e. The summed E-state index contributed by atoms with van der Waals surface area (Å²) in [5, 5.41) is 6.02. The molecule has 1 amide bonds. The summed E-state index contributed by atoms with van der Waals surface area (Å²) in [4.78, 5) is 23.2. The number of carbonyl (C=O) groups excluding carboxylic acids is 1. The first-order chi connectivity index (χ1) is 12.6. The number of hydrogen-bond acceptors (Lipinski definition) is 6. The van der Waals surface area contributed by atoms with Gasteiger partial charge >= 0.3 is 0 Å². The van der Waals surface area contributed by atoms with Crippen molar-refractivity contribution in [3.05, 3.63) is 54.2 Å². The van der Waals surface area contributed by atoms with Crippen LogP contribution in [-0.4, -0.2) is 43.2 Å². The molecule has 0 fully saturated rings. The lowest BCUT2D eigenvalue weighted by Crippen LogP contribution is -2.27. The molecule has 4 aromatic rings. The molecule has 3 heterocycles. The summed E-state index contributed by atoms with van der Waals surface area (Å²) in [5.74, 6) is 1.68. The molecule has 0 N–H and O–H groups in total. The fourth-order valence-electron chi connectivity index (χ4n) is 2.69. The summed E-state index contributed by atoms with van der Waals surface area (Å²) >= 11 is 1.35. The van der Waals surface area contributed by atoms with E-state index in [0.717, 1.165) is 22.3 Å². The Morgan fingerprint density at radius 1 is 1.23 bits per heavy atom. The Morgan fingerprint density at radius 2 is 2.08 bits per heavy atom. The molecular formula is C18H17N5O2S. The number of rotatable bonds is 5. The van der Waals surface area contributed by atoms with Crippen molar-refractivity contribution in [2.24, 2.45) is 0 Å². The average Bonchev–Trinajstić information content (AvgIpc) is 3.28. The number of thioether (sulfide) groups is 1. The third kappa shape index (κ3) is 3.15. The van der Waals surface area contributed by atoms with Crippen LogP contribution in [0.4, 0.5) is 0 Å². The van der Waals surface area contributed by atoms with Crippen molar-refractivity contribution in [3.63, 3.8) is 0 Å². The molecule has 0 atom stereocenters. The fourth-order valence-corrected chi connectivity index (χ4v) is 3.57. The van der Waals surface area contributed by atoms with E-state index in [1.807, 2.05) is 43.3 Å². The molecule has 7 nitrogen and oxygen atoms in total. The van der Waals surface area contributed by atoms with Gasteiger partial charge in [0.2, 0.25) is 5.91 Å². The molecule has 1 aromatic carbocycles. The SMILES string of the molecule is Cc1nc2c3ccccc3nc(SCC(=O)N(C)Cc3ccco3)n2n1. The molecule has 4 rings (SSSR count). The van der Waals surface area contributed by atoms with Crippen LogP contribution in [0.1, 0.15) is 11.6 Å². The molecular weight excluding hydrogens is 350 g/mol. The van der Waals surface area contributed by atoms with E-state index in [9.17, 15) is 4.79 Å². The van der Waals surface area contributed by atoms with Gasteiger partial charge in [0.05, 0.1) is 24.1 Å². The number of furan rings is 1. The van der Waals surface area contributed by atoms with E-state index < -0.39 is 0 Å². The highest BCUT2D eigenvalue weighted by molar-refractivity contribution is 7.99. The molecule has 0 unspecified atom stereocenters. The van der Waals surface area contributed by atoms with Gasteiger partial charge in [0.1, 0.15) is 11.6 Å². The van der Waals surface area contributed by atoms with Crippen LogP contribution in [0.25, 0.3) is 16.6 Å². The lowest BCUT2D eigenvalue weighted by molar-refractivity contribution is -0.127. The van der Waals surface area contributed by atoms with E-state index in [2.05, 4.69) is 15.1 Å². The van der Waals surface area contributed by atoms with Crippen LogP contribution < -0.4 is 0 Å². The molecule has 8 heteroatoms. The van der Waals surface area contributed by atoms with E-state index in [1.165, 1.54) is 11.8 Å². The van der Waals surface area contributed by atoms with Crippen LogP contribution in [0.3, 0.4) is 0 Å². The molecule has 0 aliphatic rings. The number of para-hydroxylation sites is 1. The smallest absolute Gasteiger partial charge is 0.233 e. The van der Waals surface area contributed by atoms with Gasteiger partial charge in [-0.15, -0.1) is 5.10 Å². The monoisotopic (exact) mass is 367 g/mol. The third-order valence-electron chi connectivity index (χ3n) is 3.98. The van der Waals surface area contributed by atoms with Crippen molar-refractivity contribution in [3.8, 4) is 0 Å². The second-order valence-corrected chi connectivity index (χ2v) is 6.87. The van der Waals surface area contributed by atoms with Crippen molar-refractivity contribution < 1.29 is 9.21 Å². The van der Waals surface area contributed by atoms with Crippen molar-refractivity contribution in [2.75, 3.05) is 12.8 Å². The Balaban J connectivity index is 1.57. The number of carbonyl (C=O) groups is 1. The first-order valence-corrected chi connectivity index (χ1v) is 9.11. The van der Waals surface area contributed by atoms with Gasteiger partial charge in [-0.1, -0.05) is 23.9 Å². The van der Waals surface area contributed by atoms with Gasteiger partial charge in [-0.2, -0.15) is 4.52 Å². The van der Waals surface area contributed by atoms with Crippen LogP contribution in [-0.2, 0) is 11.3 Å². The standard InChI is InChI=1S/C18H17N5O2S/c1-12-19-17-14-7-3-4-8-15(14)20-18(23(17)21-12)26-11-16(24)22(2)10-13-6-5-9-25-13/h3-9H,10-11H2,1-2H3. The molecule has 132 valence electrons. The fraction of sp³-hybridized carbons (Fsp3) is 0.222. The van der Waals surface area contributed by atoms with Crippen molar-refractivity contribution in [2.45, 2.75) is 18.6 Å². The summed E-state index contributed by atoms with van der Waals surface area (Å²) in [7, 11) is 1.76. The van der Waals surface area contributed by atoms with Gasteiger partial charge in [-0.3, -0.25) is 4.79 Å². The average molecular weight is 367 g/mol. The Bertz CT molecular complexity index is 1070. The van der Waals surface area contributed by atoms with Crippen molar-refractivity contribution in [1.29, 1.82) is 0 Å². The first kappa shape index (κ1) is 16.6. The predicted octanol–water partition coefficient (Wildman–Crippen LogP) is 2.93. The molecule has 0 bridgehead atoms. The van der Waals surface area contributed by atoms with Crippen LogP contribution in [0.2, 0.25) is 0 Å². The minimum Gasteiger partial charge on any atom is -0.467 e. The zero-order valence-electron chi connectivity index (χ0n) is 14.4. The van der Waals surface area contributed by atoms with Crippen LogP contribution in [0, 0.1) is 6.92 Å². The molecule has 0 spiro atoms. The van der Waals surface area contributed by atoms with Crippen molar-refractivity contribution >= 4 is 34.2 Å². The Hall–Kier alpha value is -2.87. The zero-order valence-corrected chi connectivity index (χ0v) is 15.2. The van der Waals surface area contributed by atoms with E-state index in [0.29, 0.717) is 17.5 Å². The highest BCUT2D eigenvalue weighted by Gasteiger charge is 2.16. The summed E-state index contributed by atoms with van der Waals surface area (Å²) < 4.78 is 7.00. The number of benzene rings is 1. The zero-order chi connectivity index (χ0) is 18.1. The predicted molar refractivity (Wildman–Crippen MR) is 98.9 cm³/mol. The number of aromatic nitrogens is 4. The Labute approximate surface area is 154 Å². The first-order valence-electron chi connectivity index (χ1n) is 8.13. The number of hydrogen-bond donors (Lipinski definition) is 0. The largest absolute Gasteiger partial charge is 0.467 e. The van der Waals surface area contributed by atoms with Crippen molar-refractivity contribution in [1.82, 2.24) is 24.5 Å². The molecule has 3 aromatic heterocycles. The second kappa shape index (κ2) is 6.80. The summed E-state index contributed by atoms with van der Waals surface area (Å²) in [6.07, 6.45) is 1.60. The molecule has 0 saturated carbocycles. The molecule has 26 heavy (non-hydrogen) atoms. The Morgan fingerprint density at radius 3 is 2.88 bits per heavy atom. The quantitative estimate of drug-likeness (QED) is 0.399. The summed E-state index contributed by atoms with van der Waals surface area (Å²) in [6.45, 7) is 2.29. The topological polar surface area (TPSA) is 76.5 Å². The normalized spacial score (nSPS) is 11.3. The third-order valence-corrected chi connectivity index (χ3v) is 4.89. The Kier molecular flexibility index (Phi) is 4.34. The van der Waals surface area contributed by atoms with Crippen LogP contribution in [0.15, 0.2) is 52.2 Å². The highest BCUT2D eigenvalue weighted by atomic mass is 32.2. The summed E-state index contributed by atoms with van der Waals surface area (Å²) in [6, 6.07) is 11.5. The molecule has 0 aliphatic heterocycles. The highest BCUT2D eigenvalue weighted by Crippen LogP contribution is 2.24. The number of fused-ring (bicyclic) bond motifs is 3. The van der Waals surface area contributed by atoms with Gasteiger partial charge in [-0.05, 0) is 31.2 Å². The van der Waals surface area contributed by atoms with Crippen LogP contribution >= 0.6 is 11.8 Å². The van der Waals surface area contributed by atoms with E-state index in [4.69, 9.17) is 4.42 Å². The molecule has 0 saturated heterocycles. The van der Waals surface area contributed by atoms with Gasteiger partial charge < -0.3 is 9.32 Å². The number of nitrogens with zero attached hydrogens (tertiary/aromatic N) is 5. The number of amides is 1. The van der Waals surface area contributed by atoms with E-state index in [-0.39, 0.29) is 11.7 Å². The van der Waals surface area contributed by atoms with E-state index in [1.54, 1.807) is 22.7 Å². The van der Waals surface area contributed by atoms with E-state index >= 15 is 0 Å². The van der Waals surface area contributed by atoms with Crippen LogP contribution in [0.5, 0.6) is 0 Å². The van der Waals surface area contributed by atoms with Gasteiger partial charge in [-0.25, -0.2) is 9.97 Å². The van der Waals surface area contributed by atoms with Gasteiger partial charge in [0, 0.05) is 12.4 Å². The second-order valence-electron chi connectivity index (χ2n) is 5.92. The lowest BCUT2D eigenvalue weighted by atomic mass is 10.2. The summed E-state index contributed by atoms with van der Waals surface area (Å²) in [5.41, 5.74) is 1.60. The molecule has 0 radical (unpaired) electrons. The minimum absolute atomic E-state index is 0.00801. The number of aryl methyl sites for hydroxylation is 1. The maximum absolute atomic E-state index is 12.4. The maximum atomic E-state index is 12.4. The molecule has 0 aliphatic carbocycles. The van der Waals surface area contributed by atoms with Gasteiger partial charge in [0.25, 0.3) is 0 Å². The minimum atomic E-state index is -0.00801. The lowest BCUT2D eigenvalue weighted by Gasteiger charge is -2.15. The van der Waals surface area contributed by atoms with Gasteiger partial charge in [0.15, 0.2) is 10.8 Å².